The highest BCUT2D eigenvalue weighted by molar-refractivity contribution is 7.89. The first-order chi connectivity index (χ1) is 9.45. The fourth-order valence-electron chi connectivity index (χ4n) is 1.97. The number of aliphatic hydroxyl groups excluding tert-OH is 2. The summed E-state index contributed by atoms with van der Waals surface area (Å²) in [5.41, 5.74) is 5.83. The lowest BCUT2D eigenvalue weighted by Gasteiger charge is -2.15. The van der Waals surface area contributed by atoms with E-state index >= 15 is 0 Å². The molecular weight excluding hydrogens is 280 g/mol. The molecule has 1 aliphatic heterocycles. The van der Waals surface area contributed by atoms with Crippen molar-refractivity contribution in [3.63, 3.8) is 0 Å². The van der Waals surface area contributed by atoms with Crippen molar-refractivity contribution < 1.29 is 18.6 Å². The molecule has 0 saturated carbocycles. The Morgan fingerprint density at radius 3 is 2.55 bits per heavy atom. The second-order valence-corrected chi connectivity index (χ2v) is 6.43. The largest absolute Gasteiger partial charge is 0.389 e. The molecule has 4 N–H and O–H groups in total. The van der Waals surface area contributed by atoms with Crippen molar-refractivity contribution in [1.82, 2.24) is 4.31 Å². The van der Waals surface area contributed by atoms with Gasteiger partial charge < -0.3 is 15.9 Å². The topological polar surface area (TPSA) is 104 Å². The summed E-state index contributed by atoms with van der Waals surface area (Å²) in [5, 5.41) is 18.9. The normalized spacial score (nSPS) is 23.4. The van der Waals surface area contributed by atoms with Gasteiger partial charge in [0.05, 0.1) is 23.6 Å². The van der Waals surface area contributed by atoms with Gasteiger partial charge in [0.15, 0.2) is 0 Å². The highest BCUT2D eigenvalue weighted by atomic mass is 32.2. The molecule has 1 saturated heterocycles. The Balaban J connectivity index is 2.31. The molecule has 1 heterocycles. The van der Waals surface area contributed by atoms with E-state index < -0.39 is 22.2 Å². The maximum absolute atomic E-state index is 12.4. The summed E-state index contributed by atoms with van der Waals surface area (Å²) in [4.78, 5) is 0.0858. The Morgan fingerprint density at radius 2 is 1.95 bits per heavy atom. The lowest BCUT2D eigenvalue weighted by atomic mass is 10.2. The number of nitrogens with zero attached hydrogens (tertiary/aromatic N) is 1. The molecule has 1 aliphatic rings. The van der Waals surface area contributed by atoms with Crippen LogP contribution in [0.3, 0.4) is 0 Å². The highest BCUT2D eigenvalue weighted by Crippen LogP contribution is 2.22. The van der Waals surface area contributed by atoms with Crippen molar-refractivity contribution in [2.75, 3.05) is 19.6 Å². The molecule has 0 spiro atoms. The van der Waals surface area contributed by atoms with Gasteiger partial charge in [-0.1, -0.05) is 17.9 Å². The third-order valence-electron chi connectivity index (χ3n) is 3.03. The van der Waals surface area contributed by atoms with Gasteiger partial charge in [-0.2, -0.15) is 4.31 Å². The number of sulfonamides is 1. The van der Waals surface area contributed by atoms with Gasteiger partial charge in [0, 0.05) is 18.7 Å². The number of nitrogens with two attached hydrogens (primary N) is 1. The zero-order valence-corrected chi connectivity index (χ0v) is 11.5. The molecule has 2 rings (SSSR count). The molecule has 2 atom stereocenters. The van der Waals surface area contributed by atoms with Crippen molar-refractivity contribution in [2.24, 2.45) is 5.73 Å². The molecular formula is C13H16N2O4S. The summed E-state index contributed by atoms with van der Waals surface area (Å²) < 4.78 is 25.8. The van der Waals surface area contributed by atoms with Crippen molar-refractivity contribution in [2.45, 2.75) is 17.1 Å². The summed E-state index contributed by atoms with van der Waals surface area (Å²) in [7, 11) is -3.74. The van der Waals surface area contributed by atoms with E-state index in [-0.39, 0.29) is 24.5 Å². The number of hydrogen-bond donors (Lipinski definition) is 3. The number of β-amino-alcohol motifs (C(OH)–C–C–N with tert-alkyl or cyclic N) is 2. The quantitative estimate of drug-likeness (QED) is 0.590. The van der Waals surface area contributed by atoms with Crippen LogP contribution in [0.15, 0.2) is 29.2 Å². The average Bonchev–Trinajstić information content (AvgIpc) is 2.77. The van der Waals surface area contributed by atoms with E-state index in [4.69, 9.17) is 5.73 Å². The maximum Gasteiger partial charge on any atom is 0.243 e. The van der Waals surface area contributed by atoms with Gasteiger partial charge in [0.25, 0.3) is 0 Å². The van der Waals surface area contributed by atoms with Crippen LogP contribution in [0.2, 0.25) is 0 Å². The van der Waals surface area contributed by atoms with Crippen LogP contribution in [0.1, 0.15) is 5.56 Å². The van der Waals surface area contributed by atoms with Gasteiger partial charge in [-0.05, 0) is 18.2 Å². The van der Waals surface area contributed by atoms with E-state index in [2.05, 4.69) is 11.8 Å². The van der Waals surface area contributed by atoms with Crippen molar-refractivity contribution in [3.05, 3.63) is 29.8 Å². The molecule has 0 aromatic heterocycles. The number of rotatable bonds is 2. The van der Waals surface area contributed by atoms with Crippen molar-refractivity contribution in [3.8, 4) is 11.8 Å². The average molecular weight is 296 g/mol. The standard InChI is InChI=1S/C13H16N2O4S/c14-6-2-4-10-3-1-5-11(7-10)20(18,19)15-8-12(16)13(17)9-15/h1,3,5,7,12-13,16-17H,6,8-9,14H2. The van der Waals surface area contributed by atoms with E-state index in [1.54, 1.807) is 12.1 Å². The summed E-state index contributed by atoms with van der Waals surface area (Å²) in [6, 6.07) is 6.20. The predicted molar refractivity (Wildman–Crippen MR) is 73.1 cm³/mol. The van der Waals surface area contributed by atoms with Gasteiger partial charge in [-0.3, -0.25) is 0 Å². The van der Waals surface area contributed by atoms with Crippen molar-refractivity contribution in [1.29, 1.82) is 0 Å². The molecule has 20 heavy (non-hydrogen) atoms. The fourth-order valence-corrected chi connectivity index (χ4v) is 3.49. The molecule has 0 radical (unpaired) electrons. The Bertz CT molecular complexity index is 638. The lowest BCUT2D eigenvalue weighted by Crippen LogP contribution is -2.30. The molecule has 1 fully saturated rings. The van der Waals surface area contributed by atoms with Crippen LogP contribution in [0.25, 0.3) is 0 Å². The van der Waals surface area contributed by atoms with Gasteiger partial charge in [-0.15, -0.1) is 0 Å². The van der Waals surface area contributed by atoms with Crippen LogP contribution in [0, 0.1) is 11.8 Å². The Morgan fingerprint density at radius 1 is 1.30 bits per heavy atom. The first-order valence-electron chi connectivity index (χ1n) is 6.10. The molecule has 7 heteroatoms. The SMILES string of the molecule is NCC#Cc1cccc(S(=O)(=O)N2CC(O)C(O)C2)c1. The van der Waals surface area contributed by atoms with Crippen LogP contribution in [-0.2, 0) is 10.0 Å². The Kier molecular flexibility index (Phi) is 4.42. The fraction of sp³-hybridized carbons (Fsp3) is 0.385. The number of aliphatic hydroxyl groups is 2. The minimum atomic E-state index is -3.74. The molecule has 1 aromatic carbocycles. The molecule has 108 valence electrons. The third kappa shape index (κ3) is 3.00. The van der Waals surface area contributed by atoms with Gasteiger partial charge in [0.2, 0.25) is 10.0 Å². The minimum absolute atomic E-state index is 0.0858. The second-order valence-electron chi connectivity index (χ2n) is 4.49. The number of benzene rings is 1. The summed E-state index contributed by atoms with van der Waals surface area (Å²) in [6.45, 7) is -0.0219. The van der Waals surface area contributed by atoms with E-state index in [9.17, 15) is 18.6 Å². The highest BCUT2D eigenvalue weighted by Gasteiger charge is 2.37. The molecule has 0 bridgehead atoms. The first-order valence-corrected chi connectivity index (χ1v) is 7.54. The Labute approximate surface area is 117 Å². The van der Waals surface area contributed by atoms with Crippen LogP contribution in [0.5, 0.6) is 0 Å². The van der Waals surface area contributed by atoms with Gasteiger partial charge in [0.1, 0.15) is 0 Å². The molecule has 2 unspecified atom stereocenters. The zero-order chi connectivity index (χ0) is 14.8. The third-order valence-corrected chi connectivity index (χ3v) is 4.86. The molecule has 6 nitrogen and oxygen atoms in total. The Hall–Kier alpha value is -1.43. The van der Waals surface area contributed by atoms with E-state index in [0.29, 0.717) is 5.56 Å². The first kappa shape index (κ1) is 15.0. The van der Waals surface area contributed by atoms with Crippen molar-refractivity contribution >= 4 is 10.0 Å². The summed E-state index contributed by atoms with van der Waals surface area (Å²) in [5.74, 6) is 5.42. The van der Waals surface area contributed by atoms with E-state index in [1.165, 1.54) is 12.1 Å². The van der Waals surface area contributed by atoms with Gasteiger partial charge in [-0.25, -0.2) is 8.42 Å². The second kappa shape index (κ2) is 5.91. The maximum atomic E-state index is 12.4. The predicted octanol–water partition coefficient (Wildman–Crippen LogP) is -1.28. The molecule has 0 amide bonds. The van der Waals surface area contributed by atoms with Crippen LogP contribution >= 0.6 is 0 Å². The number of hydrogen-bond acceptors (Lipinski definition) is 5. The summed E-state index contributed by atoms with van der Waals surface area (Å²) >= 11 is 0. The van der Waals surface area contributed by atoms with Crippen LogP contribution < -0.4 is 5.73 Å². The zero-order valence-electron chi connectivity index (χ0n) is 10.7. The van der Waals surface area contributed by atoms with Gasteiger partial charge >= 0.3 is 0 Å². The summed E-state index contributed by atoms with van der Waals surface area (Å²) in [6.07, 6.45) is -2.10. The monoisotopic (exact) mass is 296 g/mol. The lowest BCUT2D eigenvalue weighted by molar-refractivity contribution is 0.0572. The minimum Gasteiger partial charge on any atom is -0.389 e. The van der Waals surface area contributed by atoms with Crippen LogP contribution in [0.4, 0.5) is 0 Å². The van der Waals surface area contributed by atoms with E-state index in [1.807, 2.05) is 0 Å². The smallest absolute Gasteiger partial charge is 0.243 e. The molecule has 1 aromatic rings. The molecule has 0 aliphatic carbocycles. The van der Waals surface area contributed by atoms with Crippen LogP contribution in [-0.4, -0.2) is 54.8 Å². The van der Waals surface area contributed by atoms with E-state index in [0.717, 1.165) is 4.31 Å².